The first-order chi connectivity index (χ1) is 8.11. The van der Waals surface area contributed by atoms with Crippen LogP contribution in [0, 0.1) is 11.7 Å². The quantitative estimate of drug-likeness (QED) is 0.811. The number of carboxylic acids is 1. The van der Waals surface area contributed by atoms with E-state index in [9.17, 15) is 9.18 Å². The van der Waals surface area contributed by atoms with E-state index >= 15 is 0 Å². The summed E-state index contributed by atoms with van der Waals surface area (Å²) in [6.07, 6.45) is 1.95. The Morgan fingerprint density at radius 1 is 1.71 bits per heavy atom. The zero-order chi connectivity index (χ0) is 12.4. The van der Waals surface area contributed by atoms with E-state index in [4.69, 9.17) is 10.8 Å². The summed E-state index contributed by atoms with van der Waals surface area (Å²) in [5.41, 5.74) is 5.48. The average Bonchev–Trinajstić information content (AvgIpc) is 2.77. The Bertz CT molecular complexity index is 439. The number of rotatable bonds is 3. The minimum atomic E-state index is -1.16. The van der Waals surface area contributed by atoms with Gasteiger partial charge in [-0.15, -0.1) is 0 Å². The van der Waals surface area contributed by atoms with Gasteiger partial charge in [0.25, 0.3) is 0 Å². The Balaban J connectivity index is 2.29. The lowest BCUT2D eigenvalue weighted by molar-refractivity contribution is 0.0696. The molecule has 17 heavy (non-hydrogen) atoms. The number of aromatic nitrogens is 1. The van der Waals surface area contributed by atoms with Crippen LogP contribution in [0.2, 0.25) is 0 Å². The van der Waals surface area contributed by atoms with Crippen molar-refractivity contribution in [2.75, 3.05) is 24.5 Å². The van der Waals surface area contributed by atoms with Gasteiger partial charge in [0.1, 0.15) is 17.2 Å². The highest BCUT2D eigenvalue weighted by Crippen LogP contribution is 2.25. The Labute approximate surface area is 98.1 Å². The maximum atomic E-state index is 13.0. The molecule has 92 valence electrons. The van der Waals surface area contributed by atoms with E-state index in [1.165, 1.54) is 0 Å². The van der Waals surface area contributed by atoms with Crippen molar-refractivity contribution >= 4 is 11.8 Å². The summed E-state index contributed by atoms with van der Waals surface area (Å²) in [7, 11) is 0. The minimum Gasteiger partial charge on any atom is -0.478 e. The molecule has 2 rings (SSSR count). The summed E-state index contributed by atoms with van der Waals surface area (Å²) >= 11 is 0. The normalized spacial score (nSPS) is 19.6. The van der Waals surface area contributed by atoms with Gasteiger partial charge in [-0.1, -0.05) is 0 Å². The summed E-state index contributed by atoms with van der Waals surface area (Å²) in [6.45, 7) is 1.95. The second-order valence-electron chi connectivity index (χ2n) is 4.17. The van der Waals surface area contributed by atoms with Crippen LogP contribution in [0.3, 0.4) is 0 Å². The van der Waals surface area contributed by atoms with Crippen molar-refractivity contribution in [2.24, 2.45) is 11.7 Å². The van der Waals surface area contributed by atoms with Crippen molar-refractivity contribution in [3.63, 3.8) is 0 Å². The molecule has 1 saturated heterocycles. The fourth-order valence-electron chi connectivity index (χ4n) is 2.06. The van der Waals surface area contributed by atoms with Gasteiger partial charge in [-0.25, -0.2) is 14.2 Å². The smallest absolute Gasteiger partial charge is 0.339 e. The van der Waals surface area contributed by atoms with Gasteiger partial charge in [-0.05, 0) is 24.9 Å². The largest absolute Gasteiger partial charge is 0.478 e. The van der Waals surface area contributed by atoms with Crippen LogP contribution in [0.1, 0.15) is 16.8 Å². The number of anilines is 1. The molecule has 1 aromatic rings. The van der Waals surface area contributed by atoms with Gasteiger partial charge >= 0.3 is 5.97 Å². The number of pyridine rings is 1. The predicted octanol–water partition coefficient (Wildman–Crippen LogP) is 0.704. The third kappa shape index (κ3) is 2.36. The highest BCUT2D eigenvalue weighted by atomic mass is 19.1. The van der Waals surface area contributed by atoms with Crippen LogP contribution >= 0.6 is 0 Å². The first-order valence-corrected chi connectivity index (χ1v) is 5.45. The van der Waals surface area contributed by atoms with E-state index < -0.39 is 11.8 Å². The number of carbonyl (C=O) groups is 1. The van der Waals surface area contributed by atoms with Crippen LogP contribution in [0.15, 0.2) is 12.3 Å². The predicted molar refractivity (Wildman–Crippen MR) is 60.5 cm³/mol. The van der Waals surface area contributed by atoms with Crippen molar-refractivity contribution in [2.45, 2.75) is 6.42 Å². The van der Waals surface area contributed by atoms with Gasteiger partial charge in [0, 0.05) is 13.1 Å². The van der Waals surface area contributed by atoms with Crippen molar-refractivity contribution in [3.05, 3.63) is 23.6 Å². The standard InChI is InChI=1S/C11H14FN3O2/c12-8-3-9(11(16)17)10(14-5-8)15-2-1-7(4-13)6-15/h3,5,7H,1-2,4,6,13H2,(H,16,17). The molecule has 1 atom stereocenters. The lowest BCUT2D eigenvalue weighted by atomic mass is 10.1. The van der Waals surface area contributed by atoms with Gasteiger partial charge in [0.15, 0.2) is 0 Å². The molecular formula is C11H14FN3O2. The number of nitrogens with zero attached hydrogens (tertiary/aromatic N) is 2. The monoisotopic (exact) mass is 239 g/mol. The molecular weight excluding hydrogens is 225 g/mol. The number of halogens is 1. The van der Waals surface area contributed by atoms with E-state index in [1.807, 2.05) is 4.90 Å². The Hall–Kier alpha value is -1.69. The summed E-state index contributed by atoms with van der Waals surface area (Å²) in [4.78, 5) is 16.8. The van der Waals surface area contributed by atoms with Crippen LogP contribution < -0.4 is 10.6 Å². The molecule has 0 saturated carbocycles. The van der Waals surface area contributed by atoms with Gasteiger partial charge in [0.05, 0.1) is 6.20 Å². The van der Waals surface area contributed by atoms with Gasteiger partial charge in [0.2, 0.25) is 0 Å². The van der Waals surface area contributed by atoms with Crippen LogP contribution in [0.4, 0.5) is 10.2 Å². The Morgan fingerprint density at radius 2 is 2.47 bits per heavy atom. The number of nitrogens with two attached hydrogens (primary N) is 1. The molecule has 6 heteroatoms. The average molecular weight is 239 g/mol. The molecule has 1 unspecified atom stereocenters. The fraction of sp³-hybridized carbons (Fsp3) is 0.455. The van der Waals surface area contributed by atoms with Crippen LogP contribution in [-0.2, 0) is 0 Å². The highest BCUT2D eigenvalue weighted by Gasteiger charge is 2.26. The molecule has 0 amide bonds. The van der Waals surface area contributed by atoms with Crippen molar-refractivity contribution < 1.29 is 14.3 Å². The molecule has 1 aliphatic heterocycles. The summed E-state index contributed by atoms with van der Waals surface area (Å²) in [5, 5.41) is 9.02. The molecule has 0 aromatic carbocycles. The summed E-state index contributed by atoms with van der Waals surface area (Å²) in [5.74, 6) is -1.12. The van der Waals surface area contributed by atoms with E-state index in [2.05, 4.69) is 4.98 Å². The molecule has 0 spiro atoms. The number of hydrogen-bond acceptors (Lipinski definition) is 4. The highest BCUT2D eigenvalue weighted by molar-refractivity contribution is 5.93. The molecule has 5 nitrogen and oxygen atoms in total. The van der Waals surface area contributed by atoms with E-state index in [1.54, 1.807) is 0 Å². The Kier molecular flexibility index (Phi) is 3.23. The van der Waals surface area contributed by atoms with Gasteiger partial charge < -0.3 is 15.7 Å². The number of carboxylic acid groups (broad SMARTS) is 1. The van der Waals surface area contributed by atoms with Crippen molar-refractivity contribution in [1.82, 2.24) is 4.98 Å². The van der Waals surface area contributed by atoms with Crippen LogP contribution in [0.25, 0.3) is 0 Å². The lowest BCUT2D eigenvalue weighted by Crippen LogP contribution is -2.25. The molecule has 0 bridgehead atoms. The van der Waals surface area contributed by atoms with Crippen LogP contribution in [-0.4, -0.2) is 35.7 Å². The first-order valence-electron chi connectivity index (χ1n) is 5.45. The second-order valence-corrected chi connectivity index (χ2v) is 4.17. The zero-order valence-electron chi connectivity index (χ0n) is 9.27. The summed E-state index contributed by atoms with van der Waals surface area (Å²) < 4.78 is 13.0. The molecule has 0 radical (unpaired) electrons. The lowest BCUT2D eigenvalue weighted by Gasteiger charge is -2.19. The molecule has 1 fully saturated rings. The topological polar surface area (TPSA) is 79.5 Å². The van der Waals surface area contributed by atoms with E-state index in [0.717, 1.165) is 18.7 Å². The fourth-order valence-corrected chi connectivity index (χ4v) is 2.06. The number of hydrogen-bond donors (Lipinski definition) is 2. The number of aromatic carboxylic acids is 1. The SMILES string of the molecule is NCC1CCN(c2ncc(F)cc2C(=O)O)C1. The molecule has 2 heterocycles. The molecule has 1 aliphatic rings. The molecule has 3 N–H and O–H groups in total. The van der Waals surface area contributed by atoms with Gasteiger partial charge in [-0.2, -0.15) is 0 Å². The van der Waals surface area contributed by atoms with Crippen LogP contribution in [0.5, 0.6) is 0 Å². The van der Waals surface area contributed by atoms with Gasteiger partial charge in [-0.3, -0.25) is 0 Å². The Morgan fingerprint density at radius 3 is 3.06 bits per heavy atom. The molecule has 0 aliphatic carbocycles. The van der Waals surface area contributed by atoms with Crippen molar-refractivity contribution in [1.29, 1.82) is 0 Å². The molecule has 1 aromatic heterocycles. The maximum absolute atomic E-state index is 13.0. The summed E-state index contributed by atoms with van der Waals surface area (Å²) in [6, 6.07) is 1.00. The van der Waals surface area contributed by atoms with E-state index in [0.29, 0.717) is 31.4 Å². The van der Waals surface area contributed by atoms with E-state index in [-0.39, 0.29) is 5.56 Å². The first kappa shape index (κ1) is 11.8. The third-order valence-electron chi connectivity index (χ3n) is 2.98. The second kappa shape index (κ2) is 4.67. The van der Waals surface area contributed by atoms with Crippen molar-refractivity contribution in [3.8, 4) is 0 Å². The zero-order valence-corrected chi connectivity index (χ0v) is 9.27. The third-order valence-corrected chi connectivity index (χ3v) is 2.98. The minimum absolute atomic E-state index is 0.0947. The maximum Gasteiger partial charge on any atom is 0.339 e.